The fraction of sp³-hybridized carbons (Fsp3) is 0.0833. The van der Waals surface area contributed by atoms with Crippen LogP contribution in [0.4, 0.5) is 10.3 Å². The Morgan fingerprint density at radius 1 is 1.00 bits per heavy atom. The van der Waals surface area contributed by atoms with Crippen LogP contribution in [0, 0.1) is 5.82 Å². The highest BCUT2D eigenvalue weighted by Crippen LogP contribution is 2.51. The molecule has 4 aromatic rings. The summed E-state index contributed by atoms with van der Waals surface area (Å²) in [5.41, 5.74) is 4.53. The van der Waals surface area contributed by atoms with Crippen LogP contribution in [-0.4, -0.2) is 14.8 Å². The van der Waals surface area contributed by atoms with Crippen molar-refractivity contribution in [3.05, 3.63) is 111 Å². The van der Waals surface area contributed by atoms with Crippen LogP contribution in [0.1, 0.15) is 28.8 Å². The lowest BCUT2D eigenvalue weighted by atomic mass is 9.84. The predicted molar refractivity (Wildman–Crippen MR) is 124 cm³/mol. The molecule has 3 aromatic carbocycles. The Morgan fingerprint density at radius 3 is 2.53 bits per heavy atom. The monoisotopic (exact) mass is 508 g/mol. The number of rotatable bonds is 2. The third kappa shape index (κ3) is 3.12. The van der Waals surface area contributed by atoms with Gasteiger partial charge < -0.3 is 10.1 Å². The Kier molecular flexibility index (Phi) is 4.55. The zero-order chi connectivity index (χ0) is 21.8. The van der Waals surface area contributed by atoms with Crippen molar-refractivity contribution in [3.63, 3.8) is 0 Å². The number of anilines is 1. The van der Waals surface area contributed by atoms with E-state index in [0.29, 0.717) is 16.7 Å². The quantitative estimate of drug-likeness (QED) is 0.340. The van der Waals surface area contributed by atoms with Gasteiger partial charge in [-0.1, -0.05) is 51.8 Å². The van der Waals surface area contributed by atoms with Crippen molar-refractivity contribution in [1.82, 2.24) is 14.8 Å². The van der Waals surface area contributed by atoms with E-state index in [1.165, 1.54) is 18.5 Å². The average Bonchev–Trinajstić information content (AvgIpc) is 3.27. The first-order valence-electron chi connectivity index (χ1n) is 9.96. The number of ether oxygens (including phenoxy) is 1. The molecule has 2 aliphatic heterocycles. The molecule has 0 saturated heterocycles. The lowest BCUT2D eigenvalue weighted by Crippen LogP contribution is -2.32. The van der Waals surface area contributed by atoms with Crippen LogP contribution in [0.5, 0.6) is 5.75 Å². The SMILES string of the molecule is Fc1ccc(C2Oc3ccc(Cl)cc3C3=C2C(c2ccc(Br)cc2)n2ncnc2N3)cc1. The summed E-state index contributed by atoms with van der Waals surface area (Å²) < 4.78 is 23.0. The molecule has 1 aromatic heterocycles. The van der Waals surface area contributed by atoms with Gasteiger partial charge in [0.1, 0.15) is 30.0 Å². The zero-order valence-electron chi connectivity index (χ0n) is 16.5. The summed E-state index contributed by atoms with van der Waals surface area (Å²) in [6.45, 7) is 0. The Bertz CT molecular complexity index is 1370. The van der Waals surface area contributed by atoms with Crippen molar-refractivity contribution >= 4 is 39.2 Å². The molecule has 3 heterocycles. The minimum Gasteiger partial charge on any atom is -0.480 e. The molecule has 2 atom stereocenters. The molecule has 32 heavy (non-hydrogen) atoms. The molecule has 6 rings (SSSR count). The smallest absolute Gasteiger partial charge is 0.226 e. The van der Waals surface area contributed by atoms with Crippen LogP contribution in [0.25, 0.3) is 5.70 Å². The summed E-state index contributed by atoms with van der Waals surface area (Å²) in [6.07, 6.45) is 1.07. The minimum atomic E-state index is -0.460. The first-order chi connectivity index (χ1) is 15.6. The van der Waals surface area contributed by atoms with Gasteiger partial charge in [-0.15, -0.1) is 0 Å². The van der Waals surface area contributed by atoms with Gasteiger partial charge in [-0.05, 0) is 53.6 Å². The molecule has 0 fully saturated rings. The minimum absolute atomic E-state index is 0.279. The van der Waals surface area contributed by atoms with Crippen LogP contribution in [-0.2, 0) is 0 Å². The van der Waals surface area contributed by atoms with Crippen molar-refractivity contribution in [2.75, 3.05) is 5.32 Å². The van der Waals surface area contributed by atoms with E-state index in [4.69, 9.17) is 16.3 Å². The van der Waals surface area contributed by atoms with Gasteiger partial charge in [0, 0.05) is 20.6 Å². The van der Waals surface area contributed by atoms with Gasteiger partial charge in [0.2, 0.25) is 5.95 Å². The summed E-state index contributed by atoms with van der Waals surface area (Å²) in [5.74, 6) is 1.02. The lowest BCUT2D eigenvalue weighted by molar-refractivity contribution is 0.223. The van der Waals surface area contributed by atoms with Crippen LogP contribution in [0.3, 0.4) is 0 Å². The zero-order valence-corrected chi connectivity index (χ0v) is 18.8. The maximum absolute atomic E-state index is 13.7. The molecule has 0 aliphatic carbocycles. The number of aromatic nitrogens is 3. The van der Waals surface area contributed by atoms with E-state index in [1.807, 2.05) is 41.1 Å². The summed E-state index contributed by atoms with van der Waals surface area (Å²) in [5, 5.41) is 8.54. The number of nitrogens with one attached hydrogen (secondary N) is 1. The normalized spacial score (nSPS) is 18.8. The van der Waals surface area contributed by atoms with Crippen LogP contribution in [0.2, 0.25) is 5.02 Å². The van der Waals surface area contributed by atoms with Gasteiger partial charge >= 0.3 is 0 Å². The number of halogens is 3. The summed E-state index contributed by atoms with van der Waals surface area (Å²) in [4.78, 5) is 4.42. The first-order valence-corrected chi connectivity index (χ1v) is 11.1. The molecule has 8 heteroatoms. The van der Waals surface area contributed by atoms with Crippen LogP contribution >= 0.6 is 27.5 Å². The molecule has 5 nitrogen and oxygen atoms in total. The molecule has 0 radical (unpaired) electrons. The topological polar surface area (TPSA) is 52.0 Å². The van der Waals surface area contributed by atoms with Gasteiger partial charge in [-0.25, -0.2) is 9.07 Å². The highest BCUT2D eigenvalue weighted by molar-refractivity contribution is 9.10. The van der Waals surface area contributed by atoms with E-state index >= 15 is 0 Å². The second-order valence-corrected chi connectivity index (χ2v) is 8.98. The Labute approximate surface area is 196 Å². The van der Waals surface area contributed by atoms with E-state index in [0.717, 1.165) is 32.4 Å². The second kappa shape index (κ2) is 7.46. The molecule has 0 bridgehead atoms. The number of hydrogen-bond donors (Lipinski definition) is 1. The van der Waals surface area contributed by atoms with Crippen molar-refractivity contribution in [3.8, 4) is 5.75 Å². The van der Waals surface area contributed by atoms with Gasteiger partial charge in [-0.2, -0.15) is 10.1 Å². The van der Waals surface area contributed by atoms with Crippen molar-refractivity contribution in [2.45, 2.75) is 12.1 Å². The molecule has 158 valence electrons. The maximum Gasteiger partial charge on any atom is 0.226 e. The number of nitrogens with zero attached hydrogens (tertiary/aromatic N) is 3. The molecule has 0 spiro atoms. The van der Waals surface area contributed by atoms with Gasteiger partial charge in [0.15, 0.2) is 0 Å². The molecule has 0 saturated carbocycles. The van der Waals surface area contributed by atoms with E-state index in [2.05, 4.69) is 31.3 Å². The van der Waals surface area contributed by atoms with E-state index in [9.17, 15) is 4.39 Å². The molecular weight excluding hydrogens is 495 g/mol. The number of fused-ring (bicyclic) bond motifs is 3. The lowest BCUT2D eigenvalue weighted by Gasteiger charge is -2.39. The van der Waals surface area contributed by atoms with Crippen molar-refractivity contribution in [1.29, 1.82) is 0 Å². The van der Waals surface area contributed by atoms with Crippen LogP contribution in [0.15, 0.2) is 83.1 Å². The third-order valence-electron chi connectivity index (χ3n) is 5.73. The molecule has 1 N–H and O–H groups in total. The summed E-state index contributed by atoms with van der Waals surface area (Å²) in [7, 11) is 0. The van der Waals surface area contributed by atoms with Crippen molar-refractivity contribution < 1.29 is 9.13 Å². The number of hydrogen-bond acceptors (Lipinski definition) is 4. The Balaban J connectivity index is 1.63. The second-order valence-electron chi connectivity index (χ2n) is 7.63. The van der Waals surface area contributed by atoms with Crippen molar-refractivity contribution in [2.24, 2.45) is 0 Å². The first kappa shape index (κ1) is 19.5. The molecule has 2 aliphatic rings. The van der Waals surface area contributed by atoms with E-state index < -0.39 is 6.10 Å². The number of benzene rings is 3. The third-order valence-corrected chi connectivity index (χ3v) is 6.50. The highest BCUT2D eigenvalue weighted by Gasteiger charge is 2.41. The Hall–Kier alpha value is -3.16. The maximum atomic E-state index is 13.7. The largest absolute Gasteiger partial charge is 0.480 e. The van der Waals surface area contributed by atoms with E-state index in [1.54, 1.807) is 18.2 Å². The van der Waals surface area contributed by atoms with E-state index in [-0.39, 0.29) is 11.9 Å². The summed E-state index contributed by atoms with van der Waals surface area (Å²) in [6, 6.07) is 19.7. The molecular formula is C24H15BrClFN4O. The predicted octanol–water partition coefficient (Wildman–Crippen LogP) is 6.39. The van der Waals surface area contributed by atoms with Gasteiger partial charge in [-0.3, -0.25) is 0 Å². The standard InChI is InChI=1S/C24H15BrClFN4O/c25-15-5-1-13(2-6-15)22-20-21(30-24-28-12-29-31(22)24)18-11-16(26)7-10-19(18)32-23(20)14-3-8-17(27)9-4-14/h1-12,22-23H,(H,28,29,30). The Morgan fingerprint density at radius 2 is 1.75 bits per heavy atom. The van der Waals surface area contributed by atoms with Gasteiger partial charge in [0.25, 0.3) is 0 Å². The molecule has 2 unspecified atom stereocenters. The molecule has 0 amide bonds. The summed E-state index contributed by atoms with van der Waals surface area (Å²) >= 11 is 9.86. The average molecular weight is 510 g/mol. The highest BCUT2D eigenvalue weighted by atomic mass is 79.9. The fourth-order valence-corrected chi connectivity index (χ4v) is 4.76. The van der Waals surface area contributed by atoms with Crippen LogP contribution < -0.4 is 10.1 Å². The van der Waals surface area contributed by atoms with Gasteiger partial charge in [0.05, 0.1) is 5.70 Å². The fourth-order valence-electron chi connectivity index (χ4n) is 4.32.